The molecule has 1 unspecified atom stereocenters. The van der Waals surface area contributed by atoms with Crippen molar-refractivity contribution in [2.24, 2.45) is 5.92 Å². The van der Waals surface area contributed by atoms with Crippen LogP contribution < -0.4 is 10.6 Å². The van der Waals surface area contributed by atoms with Gasteiger partial charge in [-0.15, -0.1) is 11.3 Å². The first-order valence-electron chi connectivity index (χ1n) is 7.01. The second-order valence-electron chi connectivity index (χ2n) is 5.25. The molecule has 2 aromatic heterocycles. The Morgan fingerprint density at radius 3 is 3.10 bits per heavy atom. The number of aryl methyl sites for hydroxylation is 1. The average Bonchev–Trinajstić information content (AvgIpc) is 3.04. The Morgan fingerprint density at radius 1 is 1.50 bits per heavy atom. The number of nitrogen functional groups attached to an aromatic ring is 1. The van der Waals surface area contributed by atoms with Gasteiger partial charge in [0, 0.05) is 31.0 Å². The molecule has 1 saturated heterocycles. The van der Waals surface area contributed by atoms with E-state index in [0.29, 0.717) is 11.9 Å². The highest BCUT2D eigenvalue weighted by atomic mass is 32.1. The van der Waals surface area contributed by atoms with E-state index in [1.54, 1.807) is 18.4 Å². The molecule has 0 bridgehead atoms. The highest BCUT2D eigenvalue weighted by molar-refractivity contribution is 7.18. The van der Waals surface area contributed by atoms with Gasteiger partial charge in [-0.2, -0.15) is 4.98 Å². The van der Waals surface area contributed by atoms with Crippen molar-refractivity contribution >= 4 is 33.3 Å². The Morgan fingerprint density at radius 2 is 2.35 bits per heavy atom. The van der Waals surface area contributed by atoms with Crippen molar-refractivity contribution in [1.82, 2.24) is 9.97 Å². The van der Waals surface area contributed by atoms with Crippen molar-refractivity contribution in [3.05, 3.63) is 10.9 Å². The first-order valence-corrected chi connectivity index (χ1v) is 7.82. The topological polar surface area (TPSA) is 64.3 Å². The number of aromatic nitrogens is 2. The van der Waals surface area contributed by atoms with E-state index in [1.165, 1.54) is 4.88 Å². The first kappa shape index (κ1) is 13.6. The molecule has 0 aliphatic carbocycles. The zero-order valence-corrected chi connectivity index (χ0v) is 12.7. The van der Waals surface area contributed by atoms with Crippen molar-refractivity contribution in [1.29, 1.82) is 0 Å². The molecule has 3 rings (SSSR count). The lowest BCUT2D eigenvalue weighted by atomic mass is 10.1. The number of rotatable bonds is 4. The van der Waals surface area contributed by atoms with Crippen LogP contribution in [0.4, 0.5) is 11.8 Å². The van der Waals surface area contributed by atoms with Crippen LogP contribution in [-0.2, 0) is 11.2 Å². The summed E-state index contributed by atoms with van der Waals surface area (Å²) in [7, 11) is 1.76. The minimum absolute atomic E-state index is 0.368. The molecule has 6 heteroatoms. The molecule has 3 heterocycles. The molecule has 2 aromatic rings. The van der Waals surface area contributed by atoms with Crippen LogP contribution in [0.5, 0.6) is 0 Å². The number of hydrogen-bond acceptors (Lipinski definition) is 6. The average molecular weight is 292 g/mol. The Labute approximate surface area is 122 Å². The van der Waals surface area contributed by atoms with Gasteiger partial charge < -0.3 is 15.4 Å². The summed E-state index contributed by atoms with van der Waals surface area (Å²) in [6, 6.07) is 2.21. The largest absolute Gasteiger partial charge is 0.384 e. The van der Waals surface area contributed by atoms with Crippen molar-refractivity contribution in [2.45, 2.75) is 19.8 Å². The quantitative estimate of drug-likeness (QED) is 0.937. The van der Waals surface area contributed by atoms with Gasteiger partial charge in [0.1, 0.15) is 10.6 Å². The van der Waals surface area contributed by atoms with Crippen LogP contribution in [0.2, 0.25) is 0 Å². The van der Waals surface area contributed by atoms with Crippen LogP contribution >= 0.6 is 11.3 Å². The molecule has 0 aromatic carbocycles. The van der Waals surface area contributed by atoms with Crippen LogP contribution in [0.25, 0.3) is 10.2 Å². The SMILES string of the molecule is CCc1cc2c(N3CCC(COC)C3)nc(N)nc2s1. The summed E-state index contributed by atoms with van der Waals surface area (Å²) in [6.45, 7) is 4.96. The predicted octanol–water partition coefficient (Wildman–Crippen LogP) is 2.31. The van der Waals surface area contributed by atoms with E-state index >= 15 is 0 Å². The highest BCUT2D eigenvalue weighted by Gasteiger charge is 2.25. The third kappa shape index (κ3) is 2.45. The summed E-state index contributed by atoms with van der Waals surface area (Å²) in [5.74, 6) is 1.93. The van der Waals surface area contributed by atoms with Gasteiger partial charge in [0.15, 0.2) is 0 Å². The minimum atomic E-state index is 0.368. The van der Waals surface area contributed by atoms with Gasteiger partial charge in [0.25, 0.3) is 0 Å². The fourth-order valence-corrected chi connectivity index (χ4v) is 3.75. The maximum atomic E-state index is 5.87. The third-order valence-electron chi connectivity index (χ3n) is 3.78. The molecule has 1 fully saturated rings. The number of methoxy groups -OCH3 is 1. The van der Waals surface area contributed by atoms with Gasteiger partial charge in [-0.3, -0.25) is 0 Å². The summed E-state index contributed by atoms with van der Waals surface area (Å²) in [6.07, 6.45) is 2.16. The third-order valence-corrected chi connectivity index (χ3v) is 4.95. The van der Waals surface area contributed by atoms with Gasteiger partial charge in [-0.05, 0) is 18.9 Å². The van der Waals surface area contributed by atoms with Crippen molar-refractivity contribution in [3.63, 3.8) is 0 Å². The molecule has 0 radical (unpaired) electrons. The fourth-order valence-electron chi connectivity index (χ4n) is 2.78. The van der Waals surface area contributed by atoms with E-state index in [4.69, 9.17) is 10.5 Å². The van der Waals surface area contributed by atoms with Crippen LogP contribution in [-0.4, -0.2) is 36.8 Å². The number of anilines is 2. The molecular weight excluding hydrogens is 272 g/mol. The lowest BCUT2D eigenvalue weighted by Crippen LogP contribution is -2.22. The lowest BCUT2D eigenvalue weighted by molar-refractivity contribution is 0.161. The second kappa shape index (κ2) is 5.54. The van der Waals surface area contributed by atoms with E-state index in [0.717, 1.165) is 48.6 Å². The van der Waals surface area contributed by atoms with Crippen LogP contribution in [0.3, 0.4) is 0 Å². The maximum absolute atomic E-state index is 5.87. The number of nitrogens with zero attached hydrogens (tertiary/aromatic N) is 3. The molecule has 0 amide bonds. The van der Waals surface area contributed by atoms with Gasteiger partial charge >= 0.3 is 0 Å². The van der Waals surface area contributed by atoms with Gasteiger partial charge in [0.05, 0.1) is 12.0 Å². The molecule has 0 saturated carbocycles. The molecule has 5 nitrogen and oxygen atoms in total. The molecule has 20 heavy (non-hydrogen) atoms. The Kier molecular flexibility index (Phi) is 3.76. The number of hydrogen-bond donors (Lipinski definition) is 1. The molecule has 2 N–H and O–H groups in total. The molecule has 1 aliphatic heterocycles. The van der Waals surface area contributed by atoms with E-state index < -0.39 is 0 Å². The summed E-state index contributed by atoms with van der Waals surface area (Å²) >= 11 is 1.71. The predicted molar refractivity (Wildman–Crippen MR) is 83.4 cm³/mol. The van der Waals surface area contributed by atoms with Crippen molar-refractivity contribution in [2.75, 3.05) is 37.4 Å². The Balaban J connectivity index is 1.96. The van der Waals surface area contributed by atoms with E-state index in [9.17, 15) is 0 Å². The molecule has 1 atom stereocenters. The number of ether oxygens (including phenoxy) is 1. The maximum Gasteiger partial charge on any atom is 0.223 e. The number of thiophene rings is 1. The summed E-state index contributed by atoms with van der Waals surface area (Å²) < 4.78 is 5.26. The van der Waals surface area contributed by atoms with Crippen LogP contribution in [0, 0.1) is 5.92 Å². The summed E-state index contributed by atoms with van der Waals surface area (Å²) in [4.78, 5) is 13.5. The summed E-state index contributed by atoms with van der Waals surface area (Å²) in [5.41, 5.74) is 5.87. The monoisotopic (exact) mass is 292 g/mol. The number of nitrogens with two attached hydrogens (primary N) is 1. The van der Waals surface area contributed by atoms with Gasteiger partial charge in [0.2, 0.25) is 5.95 Å². The zero-order valence-electron chi connectivity index (χ0n) is 11.9. The highest BCUT2D eigenvalue weighted by Crippen LogP contribution is 2.34. The molecule has 0 spiro atoms. The zero-order chi connectivity index (χ0) is 14.1. The number of fused-ring (bicyclic) bond motifs is 1. The Bertz CT molecular complexity index is 612. The standard InChI is InChI=1S/C14H20N4OS/c1-3-10-6-11-12(16-14(15)17-13(11)20-10)18-5-4-9(7-18)8-19-2/h6,9H,3-5,7-8H2,1-2H3,(H2,15,16,17). The fraction of sp³-hybridized carbons (Fsp3) is 0.571. The first-order chi connectivity index (χ1) is 9.71. The normalized spacial score (nSPS) is 19.1. The molecular formula is C14H20N4OS. The van der Waals surface area contributed by atoms with E-state index in [1.807, 2.05) is 0 Å². The van der Waals surface area contributed by atoms with E-state index in [-0.39, 0.29) is 0 Å². The second-order valence-corrected chi connectivity index (χ2v) is 6.36. The molecule has 1 aliphatic rings. The lowest BCUT2D eigenvalue weighted by Gasteiger charge is -2.18. The van der Waals surface area contributed by atoms with Crippen molar-refractivity contribution < 1.29 is 4.74 Å². The van der Waals surface area contributed by atoms with Gasteiger partial charge in [-0.1, -0.05) is 6.92 Å². The van der Waals surface area contributed by atoms with Crippen molar-refractivity contribution in [3.8, 4) is 0 Å². The molecule has 108 valence electrons. The van der Waals surface area contributed by atoms with E-state index in [2.05, 4.69) is 27.9 Å². The Hall–Kier alpha value is -1.40. The minimum Gasteiger partial charge on any atom is -0.384 e. The summed E-state index contributed by atoms with van der Waals surface area (Å²) in [5, 5.41) is 1.14. The van der Waals surface area contributed by atoms with Crippen LogP contribution in [0.1, 0.15) is 18.2 Å². The van der Waals surface area contributed by atoms with Crippen LogP contribution in [0.15, 0.2) is 6.07 Å². The smallest absolute Gasteiger partial charge is 0.223 e. The van der Waals surface area contributed by atoms with Gasteiger partial charge in [-0.25, -0.2) is 4.98 Å².